The average Bonchev–Trinajstić information content (AvgIpc) is 2.78. The van der Waals surface area contributed by atoms with Gasteiger partial charge in [-0.3, -0.25) is 15.0 Å². The number of nitrogens with zero attached hydrogens (tertiary/aromatic N) is 3. The van der Waals surface area contributed by atoms with E-state index >= 15 is 0 Å². The van der Waals surface area contributed by atoms with Gasteiger partial charge >= 0.3 is 0 Å². The number of ketones is 1. The van der Waals surface area contributed by atoms with Crippen molar-refractivity contribution in [3.8, 4) is 11.1 Å². The summed E-state index contributed by atoms with van der Waals surface area (Å²) in [4.78, 5) is 34.4. The molecule has 0 saturated carbocycles. The van der Waals surface area contributed by atoms with E-state index in [9.17, 15) is 9.59 Å². The molecule has 1 aliphatic rings. The molecular weight excluding hydrogens is 396 g/mol. The minimum absolute atomic E-state index is 0.0000364. The number of carbonyl (C=O) groups excluding carboxylic acids is 2. The van der Waals surface area contributed by atoms with Gasteiger partial charge in [0.1, 0.15) is 5.78 Å². The predicted octanol–water partition coefficient (Wildman–Crippen LogP) is 1.63. The third-order valence-electron chi connectivity index (χ3n) is 4.98. The van der Waals surface area contributed by atoms with E-state index in [1.165, 1.54) is 0 Å². The van der Waals surface area contributed by atoms with Crippen LogP contribution in [0.2, 0.25) is 0 Å². The summed E-state index contributed by atoms with van der Waals surface area (Å²) in [6, 6.07) is 7.87. The maximum absolute atomic E-state index is 12.2. The zero-order valence-corrected chi connectivity index (χ0v) is 17.5. The van der Waals surface area contributed by atoms with Gasteiger partial charge in [-0.25, -0.2) is 9.97 Å². The SMILES string of the molecule is N=C(N)CC(=O)CCc1cccc(-c2cnc(NCCC(=O)N3CCOCC3)nc2)c1. The third kappa shape index (κ3) is 7.14. The second kappa shape index (κ2) is 11.2. The van der Waals surface area contributed by atoms with Crippen LogP contribution in [-0.2, 0) is 20.7 Å². The fourth-order valence-electron chi connectivity index (χ4n) is 3.31. The molecule has 1 saturated heterocycles. The van der Waals surface area contributed by atoms with Crippen molar-refractivity contribution < 1.29 is 14.3 Å². The van der Waals surface area contributed by atoms with Gasteiger partial charge in [0.2, 0.25) is 11.9 Å². The van der Waals surface area contributed by atoms with Gasteiger partial charge in [-0.1, -0.05) is 24.3 Å². The number of hydrogen-bond donors (Lipinski definition) is 3. The summed E-state index contributed by atoms with van der Waals surface area (Å²) in [6.45, 7) is 2.96. The monoisotopic (exact) mass is 424 g/mol. The molecule has 0 spiro atoms. The number of Topliss-reactive ketones (excluding diaryl/α,β-unsaturated/α-hetero) is 1. The summed E-state index contributed by atoms with van der Waals surface area (Å²) in [5, 5.41) is 10.3. The number of nitrogens with one attached hydrogen (secondary N) is 2. The van der Waals surface area contributed by atoms with E-state index in [2.05, 4.69) is 15.3 Å². The Hall–Kier alpha value is -3.33. The van der Waals surface area contributed by atoms with Crippen LogP contribution in [0.3, 0.4) is 0 Å². The standard InChI is InChI=1S/C22H28N6O3/c23-20(24)13-19(29)5-4-16-2-1-3-17(12-16)18-14-26-22(27-15-18)25-7-6-21(30)28-8-10-31-11-9-28/h1-3,12,14-15H,4-11,13H2,(H3,23,24)(H,25,26,27). The van der Waals surface area contributed by atoms with Crippen LogP contribution in [-0.4, -0.2) is 65.2 Å². The summed E-state index contributed by atoms with van der Waals surface area (Å²) in [7, 11) is 0. The van der Waals surface area contributed by atoms with Crippen molar-refractivity contribution in [2.75, 3.05) is 38.2 Å². The maximum atomic E-state index is 12.2. The maximum Gasteiger partial charge on any atom is 0.224 e. The van der Waals surface area contributed by atoms with Crippen LogP contribution < -0.4 is 11.1 Å². The fourth-order valence-corrected chi connectivity index (χ4v) is 3.31. The lowest BCUT2D eigenvalue weighted by Gasteiger charge is -2.26. The molecule has 3 rings (SSSR count). The molecule has 0 unspecified atom stereocenters. The molecule has 0 aliphatic carbocycles. The molecule has 2 heterocycles. The normalized spacial score (nSPS) is 13.6. The van der Waals surface area contributed by atoms with Crippen LogP contribution in [0.1, 0.15) is 24.8 Å². The molecule has 0 atom stereocenters. The molecule has 9 heteroatoms. The quantitative estimate of drug-likeness (QED) is 0.390. The molecule has 1 aliphatic heterocycles. The minimum Gasteiger partial charge on any atom is -0.387 e. The number of benzene rings is 1. The first-order chi connectivity index (χ1) is 15.0. The molecule has 164 valence electrons. The van der Waals surface area contributed by atoms with Crippen molar-refractivity contribution in [2.24, 2.45) is 5.73 Å². The zero-order chi connectivity index (χ0) is 22.1. The van der Waals surface area contributed by atoms with E-state index < -0.39 is 0 Å². The predicted molar refractivity (Wildman–Crippen MR) is 118 cm³/mol. The van der Waals surface area contributed by atoms with E-state index in [0.717, 1.165) is 16.7 Å². The van der Waals surface area contributed by atoms with E-state index in [4.69, 9.17) is 15.9 Å². The Morgan fingerprint density at radius 2 is 1.87 bits per heavy atom. The number of morpholine rings is 1. The van der Waals surface area contributed by atoms with Crippen LogP contribution in [0.5, 0.6) is 0 Å². The number of rotatable bonds is 10. The average molecular weight is 425 g/mol. The molecule has 1 amide bonds. The summed E-state index contributed by atoms with van der Waals surface area (Å²) in [5.74, 6) is 0.439. The van der Waals surface area contributed by atoms with Crippen molar-refractivity contribution in [1.29, 1.82) is 5.41 Å². The van der Waals surface area contributed by atoms with Gasteiger partial charge in [0.15, 0.2) is 0 Å². The first kappa shape index (κ1) is 22.4. The first-order valence-corrected chi connectivity index (χ1v) is 10.4. The minimum atomic E-state index is -0.102. The Balaban J connectivity index is 1.49. The Kier molecular flexibility index (Phi) is 8.05. The molecule has 1 aromatic heterocycles. The lowest BCUT2D eigenvalue weighted by Crippen LogP contribution is -2.41. The summed E-state index contributed by atoms with van der Waals surface area (Å²) >= 11 is 0. The van der Waals surface area contributed by atoms with Gasteiger partial charge in [-0.15, -0.1) is 0 Å². The Morgan fingerprint density at radius 3 is 2.58 bits per heavy atom. The second-order valence-electron chi connectivity index (χ2n) is 7.41. The van der Waals surface area contributed by atoms with Gasteiger partial charge in [0, 0.05) is 50.4 Å². The zero-order valence-electron chi connectivity index (χ0n) is 17.5. The smallest absolute Gasteiger partial charge is 0.224 e. The van der Waals surface area contributed by atoms with Crippen LogP contribution in [0, 0.1) is 5.41 Å². The Bertz CT molecular complexity index is 910. The highest BCUT2D eigenvalue weighted by Crippen LogP contribution is 2.20. The number of anilines is 1. The number of amides is 1. The van der Waals surface area contributed by atoms with E-state index in [-0.39, 0.29) is 23.9 Å². The topological polar surface area (TPSA) is 134 Å². The first-order valence-electron chi connectivity index (χ1n) is 10.4. The van der Waals surface area contributed by atoms with Gasteiger partial charge in [-0.2, -0.15) is 0 Å². The third-order valence-corrected chi connectivity index (χ3v) is 4.98. The van der Waals surface area contributed by atoms with E-state index in [0.29, 0.717) is 58.1 Å². The highest BCUT2D eigenvalue weighted by atomic mass is 16.5. The van der Waals surface area contributed by atoms with Crippen molar-refractivity contribution >= 4 is 23.5 Å². The van der Waals surface area contributed by atoms with Gasteiger partial charge < -0.3 is 20.7 Å². The summed E-state index contributed by atoms with van der Waals surface area (Å²) < 4.78 is 5.26. The number of nitrogens with two attached hydrogens (primary N) is 1. The number of aromatic nitrogens is 2. The summed E-state index contributed by atoms with van der Waals surface area (Å²) in [6.07, 6.45) is 4.80. The molecule has 1 fully saturated rings. The molecular formula is C22H28N6O3. The molecule has 4 N–H and O–H groups in total. The molecule has 2 aromatic rings. The number of aryl methyl sites for hydroxylation is 1. The number of ether oxygens (including phenoxy) is 1. The Labute approximate surface area is 181 Å². The molecule has 31 heavy (non-hydrogen) atoms. The number of hydrogen-bond acceptors (Lipinski definition) is 7. The lowest BCUT2D eigenvalue weighted by molar-refractivity contribution is -0.134. The summed E-state index contributed by atoms with van der Waals surface area (Å²) in [5.41, 5.74) is 8.13. The molecule has 1 aromatic carbocycles. The van der Waals surface area contributed by atoms with Crippen LogP contribution >= 0.6 is 0 Å². The van der Waals surface area contributed by atoms with Crippen molar-refractivity contribution in [2.45, 2.75) is 25.7 Å². The van der Waals surface area contributed by atoms with Crippen molar-refractivity contribution in [3.63, 3.8) is 0 Å². The number of carbonyl (C=O) groups is 2. The van der Waals surface area contributed by atoms with Gasteiger partial charge in [0.05, 0.1) is 25.5 Å². The molecule has 0 bridgehead atoms. The van der Waals surface area contributed by atoms with E-state index in [1.54, 1.807) is 12.4 Å². The van der Waals surface area contributed by atoms with Crippen molar-refractivity contribution in [3.05, 3.63) is 42.2 Å². The van der Waals surface area contributed by atoms with Crippen LogP contribution in [0.4, 0.5) is 5.95 Å². The second-order valence-corrected chi connectivity index (χ2v) is 7.41. The van der Waals surface area contributed by atoms with Crippen LogP contribution in [0.25, 0.3) is 11.1 Å². The lowest BCUT2D eigenvalue weighted by atomic mass is 10.0. The highest BCUT2D eigenvalue weighted by molar-refractivity contribution is 5.98. The van der Waals surface area contributed by atoms with Gasteiger partial charge in [0.25, 0.3) is 0 Å². The molecule has 9 nitrogen and oxygen atoms in total. The number of amidine groups is 1. The Morgan fingerprint density at radius 1 is 1.13 bits per heavy atom. The highest BCUT2D eigenvalue weighted by Gasteiger charge is 2.16. The molecule has 0 radical (unpaired) electrons. The largest absolute Gasteiger partial charge is 0.387 e. The van der Waals surface area contributed by atoms with Crippen molar-refractivity contribution in [1.82, 2.24) is 14.9 Å². The van der Waals surface area contributed by atoms with E-state index in [1.807, 2.05) is 29.2 Å². The fraction of sp³-hybridized carbons (Fsp3) is 0.409. The van der Waals surface area contributed by atoms with Gasteiger partial charge in [-0.05, 0) is 17.5 Å². The van der Waals surface area contributed by atoms with Crippen LogP contribution in [0.15, 0.2) is 36.7 Å².